The summed E-state index contributed by atoms with van der Waals surface area (Å²) in [5.41, 5.74) is 2.64. The monoisotopic (exact) mass is 219 g/mol. The number of hydrogen-bond donors (Lipinski definition) is 1. The number of rotatable bonds is 5. The minimum absolute atomic E-state index is 0.227. The Morgan fingerprint density at radius 2 is 2.06 bits per heavy atom. The first-order valence-corrected chi connectivity index (χ1v) is 5.66. The lowest BCUT2D eigenvalue weighted by Gasteiger charge is -2.04. The fourth-order valence-electron chi connectivity index (χ4n) is 1.71. The van der Waals surface area contributed by atoms with E-state index in [0.717, 1.165) is 5.92 Å². The first-order valence-electron chi connectivity index (χ1n) is 5.66. The van der Waals surface area contributed by atoms with E-state index in [1.165, 1.54) is 31.1 Å². The summed E-state index contributed by atoms with van der Waals surface area (Å²) >= 11 is 0. The molecule has 1 aromatic rings. The van der Waals surface area contributed by atoms with Gasteiger partial charge in [-0.3, -0.25) is 4.79 Å². The molecule has 0 heterocycles. The van der Waals surface area contributed by atoms with E-state index in [4.69, 9.17) is 0 Å². The lowest BCUT2D eigenvalue weighted by molar-refractivity contribution is -0.139. The maximum atomic E-state index is 10.9. The van der Waals surface area contributed by atoms with Crippen molar-refractivity contribution in [3.63, 3.8) is 0 Å². The summed E-state index contributed by atoms with van der Waals surface area (Å²) in [5, 5.41) is 3.04. The molecular formula is C13H17NO2. The average Bonchev–Trinajstić information content (AvgIpc) is 3.14. The van der Waals surface area contributed by atoms with Gasteiger partial charge in [0.25, 0.3) is 0 Å². The van der Waals surface area contributed by atoms with Gasteiger partial charge >= 0.3 is 5.97 Å². The number of hydrogen-bond acceptors (Lipinski definition) is 3. The summed E-state index contributed by atoms with van der Waals surface area (Å²) in [6.07, 6.45) is 2.67. The third-order valence-electron chi connectivity index (χ3n) is 2.85. The summed E-state index contributed by atoms with van der Waals surface area (Å²) in [7, 11) is 1.40. The lowest BCUT2D eigenvalue weighted by Crippen LogP contribution is -2.23. The van der Waals surface area contributed by atoms with Crippen molar-refractivity contribution in [2.45, 2.75) is 25.3 Å². The van der Waals surface area contributed by atoms with Crippen LogP contribution in [0.1, 0.15) is 29.9 Å². The van der Waals surface area contributed by atoms with Crippen molar-refractivity contribution in [3.05, 3.63) is 35.4 Å². The minimum Gasteiger partial charge on any atom is -0.468 e. The number of carbonyl (C=O) groups excluding carboxylic acids is 1. The second-order valence-corrected chi connectivity index (χ2v) is 4.20. The smallest absolute Gasteiger partial charge is 0.319 e. The Labute approximate surface area is 95.8 Å². The average molecular weight is 219 g/mol. The molecule has 0 aromatic heterocycles. The zero-order chi connectivity index (χ0) is 11.4. The van der Waals surface area contributed by atoms with E-state index in [1.807, 2.05) is 0 Å². The van der Waals surface area contributed by atoms with Gasteiger partial charge in [-0.2, -0.15) is 0 Å². The largest absolute Gasteiger partial charge is 0.468 e. The van der Waals surface area contributed by atoms with Crippen LogP contribution in [-0.2, 0) is 16.1 Å². The van der Waals surface area contributed by atoms with Gasteiger partial charge in [0.15, 0.2) is 0 Å². The van der Waals surface area contributed by atoms with E-state index in [2.05, 4.69) is 34.3 Å². The van der Waals surface area contributed by atoms with Crippen LogP contribution in [0.25, 0.3) is 0 Å². The van der Waals surface area contributed by atoms with Crippen LogP contribution in [0.4, 0.5) is 0 Å². The molecule has 0 radical (unpaired) electrons. The molecule has 1 aromatic carbocycles. The molecule has 0 aliphatic heterocycles. The maximum Gasteiger partial charge on any atom is 0.319 e. The maximum absolute atomic E-state index is 10.9. The van der Waals surface area contributed by atoms with Gasteiger partial charge in [-0.05, 0) is 29.9 Å². The summed E-state index contributed by atoms with van der Waals surface area (Å²) < 4.78 is 4.55. The van der Waals surface area contributed by atoms with Crippen molar-refractivity contribution in [1.29, 1.82) is 0 Å². The van der Waals surface area contributed by atoms with Crippen LogP contribution >= 0.6 is 0 Å². The predicted octanol–water partition coefficient (Wildman–Crippen LogP) is 1.83. The van der Waals surface area contributed by atoms with Crippen LogP contribution in [0.15, 0.2) is 24.3 Å². The van der Waals surface area contributed by atoms with Crippen LogP contribution in [0.2, 0.25) is 0 Å². The van der Waals surface area contributed by atoms with Gasteiger partial charge in [-0.25, -0.2) is 0 Å². The topological polar surface area (TPSA) is 38.3 Å². The Kier molecular flexibility index (Phi) is 3.57. The molecule has 3 heteroatoms. The van der Waals surface area contributed by atoms with Gasteiger partial charge in [-0.1, -0.05) is 24.3 Å². The third kappa shape index (κ3) is 3.07. The summed E-state index contributed by atoms with van der Waals surface area (Å²) in [6, 6.07) is 8.62. The van der Waals surface area contributed by atoms with E-state index in [-0.39, 0.29) is 12.5 Å². The van der Waals surface area contributed by atoms with Gasteiger partial charge in [0, 0.05) is 6.54 Å². The number of esters is 1. The number of ether oxygens (including phenoxy) is 1. The van der Waals surface area contributed by atoms with E-state index in [0.29, 0.717) is 6.54 Å². The van der Waals surface area contributed by atoms with Gasteiger partial charge in [-0.15, -0.1) is 0 Å². The van der Waals surface area contributed by atoms with Crippen LogP contribution in [-0.4, -0.2) is 19.6 Å². The Bertz CT molecular complexity index is 355. The zero-order valence-corrected chi connectivity index (χ0v) is 9.53. The Balaban J connectivity index is 1.78. The molecule has 16 heavy (non-hydrogen) atoms. The lowest BCUT2D eigenvalue weighted by atomic mass is 10.1. The van der Waals surface area contributed by atoms with Gasteiger partial charge in [0.1, 0.15) is 0 Å². The van der Waals surface area contributed by atoms with Crippen molar-refractivity contribution in [1.82, 2.24) is 5.32 Å². The van der Waals surface area contributed by atoms with Gasteiger partial charge in [0.05, 0.1) is 13.7 Å². The molecule has 0 spiro atoms. The first-order chi connectivity index (χ1) is 7.79. The predicted molar refractivity (Wildman–Crippen MR) is 62.1 cm³/mol. The molecule has 2 rings (SSSR count). The van der Waals surface area contributed by atoms with E-state index >= 15 is 0 Å². The standard InChI is InChI=1S/C13H17NO2/c1-16-13(15)9-14-8-10-2-4-11(5-3-10)12-6-7-12/h2-5,12,14H,6-9H2,1H3. The molecule has 0 amide bonds. The highest BCUT2D eigenvalue weighted by atomic mass is 16.5. The highest BCUT2D eigenvalue weighted by Crippen LogP contribution is 2.39. The van der Waals surface area contributed by atoms with Crippen molar-refractivity contribution >= 4 is 5.97 Å². The third-order valence-corrected chi connectivity index (χ3v) is 2.85. The van der Waals surface area contributed by atoms with E-state index in [1.54, 1.807) is 0 Å². The fraction of sp³-hybridized carbons (Fsp3) is 0.462. The summed E-state index contributed by atoms with van der Waals surface area (Å²) in [5.74, 6) is 0.576. The minimum atomic E-state index is -0.227. The molecule has 0 atom stereocenters. The number of methoxy groups -OCH3 is 1. The molecule has 0 bridgehead atoms. The molecule has 1 saturated carbocycles. The SMILES string of the molecule is COC(=O)CNCc1ccc(C2CC2)cc1. The first kappa shape index (κ1) is 11.1. The van der Waals surface area contributed by atoms with Crippen LogP contribution in [0.3, 0.4) is 0 Å². The molecule has 1 aliphatic carbocycles. The molecule has 3 nitrogen and oxygen atoms in total. The highest BCUT2D eigenvalue weighted by molar-refractivity contribution is 5.71. The van der Waals surface area contributed by atoms with E-state index in [9.17, 15) is 4.79 Å². The Hall–Kier alpha value is -1.35. The molecule has 86 valence electrons. The van der Waals surface area contributed by atoms with Crippen LogP contribution in [0, 0.1) is 0 Å². The second-order valence-electron chi connectivity index (χ2n) is 4.20. The Morgan fingerprint density at radius 3 is 2.62 bits per heavy atom. The molecule has 1 aliphatic rings. The molecular weight excluding hydrogens is 202 g/mol. The number of nitrogens with one attached hydrogen (secondary N) is 1. The quantitative estimate of drug-likeness (QED) is 0.768. The van der Waals surface area contributed by atoms with Gasteiger partial charge < -0.3 is 10.1 Å². The number of benzene rings is 1. The molecule has 1 N–H and O–H groups in total. The summed E-state index contributed by atoms with van der Waals surface area (Å²) in [6.45, 7) is 0.973. The highest BCUT2D eigenvalue weighted by Gasteiger charge is 2.22. The molecule has 0 saturated heterocycles. The molecule has 1 fully saturated rings. The Morgan fingerprint density at radius 1 is 1.38 bits per heavy atom. The fourth-order valence-corrected chi connectivity index (χ4v) is 1.71. The van der Waals surface area contributed by atoms with Crippen LogP contribution < -0.4 is 5.32 Å². The van der Waals surface area contributed by atoms with Gasteiger partial charge in [0.2, 0.25) is 0 Å². The zero-order valence-electron chi connectivity index (χ0n) is 9.53. The van der Waals surface area contributed by atoms with Crippen molar-refractivity contribution in [2.24, 2.45) is 0 Å². The van der Waals surface area contributed by atoms with Crippen LogP contribution in [0.5, 0.6) is 0 Å². The second kappa shape index (κ2) is 5.12. The van der Waals surface area contributed by atoms with Crippen molar-refractivity contribution < 1.29 is 9.53 Å². The van der Waals surface area contributed by atoms with Crippen molar-refractivity contribution in [3.8, 4) is 0 Å². The molecule has 0 unspecified atom stereocenters. The normalized spacial score (nSPS) is 14.8. The number of carbonyl (C=O) groups is 1. The summed E-state index contributed by atoms with van der Waals surface area (Å²) in [4.78, 5) is 10.9. The van der Waals surface area contributed by atoms with E-state index < -0.39 is 0 Å². The van der Waals surface area contributed by atoms with Crippen molar-refractivity contribution in [2.75, 3.05) is 13.7 Å².